The molecule has 3 rings (SSSR count). The van der Waals surface area contributed by atoms with Crippen LogP contribution < -0.4 is 5.32 Å². The zero-order valence-corrected chi connectivity index (χ0v) is 15.6. The van der Waals surface area contributed by atoms with Gasteiger partial charge in [-0.15, -0.1) is 0 Å². The van der Waals surface area contributed by atoms with Crippen molar-refractivity contribution in [1.82, 2.24) is 10.2 Å². The lowest BCUT2D eigenvalue weighted by atomic mass is 9.87. The number of hydrogen-bond acceptors (Lipinski definition) is 2. The van der Waals surface area contributed by atoms with Crippen LogP contribution in [-0.4, -0.2) is 22.0 Å². The minimum Gasteiger partial charge on any atom is -0.328 e. The van der Waals surface area contributed by atoms with Gasteiger partial charge in [-0.05, 0) is 47.7 Å². The molecule has 128 valence electrons. The molecule has 1 amide bonds. The summed E-state index contributed by atoms with van der Waals surface area (Å²) in [5.74, 6) is 0.0202. The molecule has 1 aliphatic carbocycles. The van der Waals surface area contributed by atoms with Crippen molar-refractivity contribution in [3.63, 3.8) is 0 Å². The molecule has 1 aromatic carbocycles. The number of nitrogens with one attached hydrogen (secondary N) is 1. The molecule has 0 atom stereocenters. The highest BCUT2D eigenvalue weighted by Crippen LogP contribution is 2.27. The lowest BCUT2D eigenvalue weighted by Crippen LogP contribution is -2.41. The molecule has 0 aromatic heterocycles. The van der Waals surface area contributed by atoms with Crippen LogP contribution in [0.3, 0.4) is 0 Å². The Hall–Kier alpha value is -1.68. The summed E-state index contributed by atoms with van der Waals surface area (Å²) in [6, 6.07) is 8.65. The van der Waals surface area contributed by atoms with Crippen LogP contribution in [0.15, 0.2) is 30.0 Å². The first-order valence-electron chi connectivity index (χ1n) is 8.83. The molecule has 1 aliphatic heterocycles. The summed E-state index contributed by atoms with van der Waals surface area (Å²) in [4.78, 5) is 14.5. The number of carbonyl (C=O) groups is 1. The van der Waals surface area contributed by atoms with Gasteiger partial charge >= 0.3 is 0 Å². The summed E-state index contributed by atoms with van der Waals surface area (Å²) < 4.78 is 0. The quantitative estimate of drug-likeness (QED) is 0.640. The molecule has 4 heteroatoms. The van der Waals surface area contributed by atoms with Crippen molar-refractivity contribution in [2.75, 3.05) is 0 Å². The fourth-order valence-corrected chi connectivity index (χ4v) is 3.81. The van der Waals surface area contributed by atoms with Crippen LogP contribution in [0.2, 0.25) is 0 Å². The highest BCUT2D eigenvalue weighted by Gasteiger charge is 2.36. The molecular weight excluding hydrogens is 316 g/mol. The molecule has 1 aromatic rings. The molecule has 1 heterocycles. The summed E-state index contributed by atoms with van der Waals surface area (Å²) >= 11 is 5.41. The molecule has 0 bridgehead atoms. The number of rotatable bonds is 2. The minimum absolute atomic E-state index is 0.0202. The summed E-state index contributed by atoms with van der Waals surface area (Å²) in [7, 11) is 0. The number of nitrogens with zero attached hydrogens (tertiary/aromatic N) is 1. The molecule has 0 spiro atoms. The van der Waals surface area contributed by atoms with Crippen LogP contribution in [0, 0.1) is 0 Å². The Labute approximate surface area is 150 Å². The Bertz CT molecular complexity index is 664. The van der Waals surface area contributed by atoms with Gasteiger partial charge in [-0.1, -0.05) is 64.3 Å². The van der Waals surface area contributed by atoms with Crippen LogP contribution in [0.4, 0.5) is 0 Å². The molecular formula is C20H26N2OS. The standard InChI is InChI=1S/C20H26N2OS/c1-20(2,3)15-11-9-14(10-12-15)13-17-18(23)22(19(24)21-17)16-7-5-4-6-8-16/h9-13,16H,4-8H2,1-3H3,(H,21,24)/b17-13+. The van der Waals surface area contributed by atoms with Crippen molar-refractivity contribution >= 4 is 29.3 Å². The number of hydrogen-bond donors (Lipinski definition) is 1. The van der Waals surface area contributed by atoms with Crippen molar-refractivity contribution in [3.8, 4) is 0 Å². The number of carbonyl (C=O) groups excluding carboxylic acids is 1. The number of amides is 1. The summed E-state index contributed by atoms with van der Waals surface area (Å²) in [6.45, 7) is 6.59. The second kappa shape index (κ2) is 6.67. The Morgan fingerprint density at radius 2 is 1.75 bits per heavy atom. The molecule has 1 saturated heterocycles. The van der Waals surface area contributed by atoms with E-state index in [-0.39, 0.29) is 17.4 Å². The predicted molar refractivity (Wildman–Crippen MR) is 103 cm³/mol. The number of thiocarbonyl (C=S) groups is 1. The average Bonchev–Trinajstić information content (AvgIpc) is 2.82. The van der Waals surface area contributed by atoms with E-state index in [0.29, 0.717) is 10.8 Å². The maximum absolute atomic E-state index is 12.8. The first-order valence-corrected chi connectivity index (χ1v) is 9.24. The summed E-state index contributed by atoms with van der Waals surface area (Å²) in [5, 5.41) is 3.67. The van der Waals surface area contributed by atoms with Gasteiger partial charge in [0.2, 0.25) is 0 Å². The maximum Gasteiger partial charge on any atom is 0.276 e. The van der Waals surface area contributed by atoms with Gasteiger partial charge in [-0.25, -0.2) is 0 Å². The largest absolute Gasteiger partial charge is 0.328 e. The van der Waals surface area contributed by atoms with E-state index in [9.17, 15) is 4.79 Å². The fourth-order valence-electron chi connectivity index (χ4n) is 3.47. The van der Waals surface area contributed by atoms with E-state index in [1.54, 1.807) is 4.90 Å². The molecule has 3 nitrogen and oxygen atoms in total. The topological polar surface area (TPSA) is 32.3 Å². The maximum atomic E-state index is 12.8. The van der Waals surface area contributed by atoms with E-state index in [1.165, 1.54) is 24.8 Å². The van der Waals surface area contributed by atoms with Crippen molar-refractivity contribution < 1.29 is 4.79 Å². The Morgan fingerprint density at radius 1 is 1.12 bits per heavy atom. The van der Waals surface area contributed by atoms with Crippen LogP contribution in [0.5, 0.6) is 0 Å². The van der Waals surface area contributed by atoms with Crippen molar-refractivity contribution in [3.05, 3.63) is 41.1 Å². The van der Waals surface area contributed by atoms with Gasteiger partial charge in [0.15, 0.2) is 5.11 Å². The second-order valence-corrected chi connectivity index (χ2v) is 8.21. The third-order valence-corrected chi connectivity index (χ3v) is 5.24. The van der Waals surface area contributed by atoms with Gasteiger partial charge in [0, 0.05) is 6.04 Å². The summed E-state index contributed by atoms with van der Waals surface area (Å²) in [5.41, 5.74) is 3.03. The highest BCUT2D eigenvalue weighted by molar-refractivity contribution is 7.80. The van der Waals surface area contributed by atoms with E-state index in [2.05, 4.69) is 50.4 Å². The van der Waals surface area contributed by atoms with Crippen LogP contribution in [0.1, 0.15) is 64.0 Å². The van der Waals surface area contributed by atoms with Gasteiger partial charge in [0.05, 0.1) is 0 Å². The van der Waals surface area contributed by atoms with Crippen LogP contribution in [0.25, 0.3) is 6.08 Å². The molecule has 2 fully saturated rings. The van der Waals surface area contributed by atoms with E-state index >= 15 is 0 Å². The molecule has 1 saturated carbocycles. The third kappa shape index (κ3) is 3.54. The first-order chi connectivity index (χ1) is 11.4. The lowest BCUT2D eigenvalue weighted by Gasteiger charge is -2.29. The van der Waals surface area contributed by atoms with Crippen LogP contribution >= 0.6 is 12.2 Å². The second-order valence-electron chi connectivity index (χ2n) is 7.83. The third-order valence-electron chi connectivity index (χ3n) is 4.94. The van der Waals surface area contributed by atoms with E-state index < -0.39 is 0 Å². The van der Waals surface area contributed by atoms with Gasteiger partial charge in [0.1, 0.15) is 5.70 Å². The normalized spacial score (nSPS) is 21.5. The first kappa shape index (κ1) is 17.2. The van der Waals surface area contributed by atoms with E-state index in [4.69, 9.17) is 12.2 Å². The van der Waals surface area contributed by atoms with Crippen molar-refractivity contribution in [2.45, 2.75) is 64.3 Å². The summed E-state index contributed by atoms with van der Waals surface area (Å²) in [6.07, 6.45) is 7.66. The van der Waals surface area contributed by atoms with E-state index in [1.807, 2.05) is 6.08 Å². The predicted octanol–water partition coefficient (Wildman–Crippen LogP) is 4.37. The van der Waals surface area contributed by atoms with Gasteiger partial charge in [-0.2, -0.15) is 0 Å². The molecule has 0 unspecified atom stereocenters. The molecule has 0 radical (unpaired) electrons. The number of benzene rings is 1. The van der Waals surface area contributed by atoms with Crippen molar-refractivity contribution in [1.29, 1.82) is 0 Å². The monoisotopic (exact) mass is 342 g/mol. The fraction of sp³-hybridized carbons (Fsp3) is 0.500. The van der Waals surface area contributed by atoms with Crippen molar-refractivity contribution in [2.24, 2.45) is 0 Å². The SMILES string of the molecule is CC(C)(C)c1ccc(/C=C2/NC(=S)N(C3CCCCC3)C2=O)cc1. The van der Waals surface area contributed by atoms with Gasteiger partial charge < -0.3 is 5.32 Å². The Kier molecular flexibility index (Phi) is 4.77. The highest BCUT2D eigenvalue weighted by atomic mass is 32.1. The zero-order chi connectivity index (χ0) is 17.3. The zero-order valence-electron chi connectivity index (χ0n) is 14.8. The lowest BCUT2D eigenvalue weighted by molar-refractivity contribution is -0.124. The molecule has 2 aliphatic rings. The van der Waals surface area contributed by atoms with Gasteiger partial charge in [-0.3, -0.25) is 9.69 Å². The molecule has 1 N–H and O–H groups in total. The Balaban J connectivity index is 1.78. The molecule has 24 heavy (non-hydrogen) atoms. The smallest absolute Gasteiger partial charge is 0.276 e. The minimum atomic E-state index is 0.0202. The van der Waals surface area contributed by atoms with E-state index in [0.717, 1.165) is 18.4 Å². The van der Waals surface area contributed by atoms with Crippen LogP contribution in [-0.2, 0) is 10.2 Å². The Morgan fingerprint density at radius 3 is 2.33 bits per heavy atom. The average molecular weight is 343 g/mol. The van der Waals surface area contributed by atoms with Gasteiger partial charge in [0.25, 0.3) is 5.91 Å².